The van der Waals surface area contributed by atoms with Gasteiger partial charge in [-0.2, -0.15) is 5.26 Å². The van der Waals surface area contributed by atoms with Gasteiger partial charge in [0, 0.05) is 30.6 Å². The lowest BCUT2D eigenvalue weighted by atomic mass is 9.96. The van der Waals surface area contributed by atoms with Crippen LogP contribution in [0, 0.1) is 11.3 Å². The van der Waals surface area contributed by atoms with Crippen molar-refractivity contribution in [3.8, 4) is 17.3 Å². The molecule has 1 aliphatic heterocycles. The number of fused-ring (bicyclic) bond motifs is 1. The van der Waals surface area contributed by atoms with E-state index in [2.05, 4.69) is 39.3 Å². The zero-order valence-electron chi connectivity index (χ0n) is 17.7. The van der Waals surface area contributed by atoms with Crippen LogP contribution in [0.2, 0.25) is 0 Å². The van der Waals surface area contributed by atoms with Crippen LogP contribution in [-0.4, -0.2) is 32.2 Å². The van der Waals surface area contributed by atoms with E-state index in [0.717, 1.165) is 38.5 Å². The summed E-state index contributed by atoms with van der Waals surface area (Å²) in [5.74, 6) is 0. The van der Waals surface area contributed by atoms with E-state index in [9.17, 15) is 4.55 Å². The van der Waals surface area contributed by atoms with Gasteiger partial charge in [-0.15, -0.1) is 0 Å². The van der Waals surface area contributed by atoms with Gasteiger partial charge >= 0.3 is 0 Å². The van der Waals surface area contributed by atoms with E-state index in [1.165, 1.54) is 0 Å². The second kappa shape index (κ2) is 8.17. The number of nitrogens with one attached hydrogen (secondary N) is 1. The van der Waals surface area contributed by atoms with Crippen LogP contribution in [-0.2, 0) is 11.2 Å². The molecule has 2 unspecified atom stereocenters. The Morgan fingerprint density at radius 1 is 1.03 bits per heavy atom. The third-order valence-electron chi connectivity index (χ3n) is 5.67. The summed E-state index contributed by atoms with van der Waals surface area (Å²) >= 11 is -0.998. The maximum absolute atomic E-state index is 11.8. The van der Waals surface area contributed by atoms with Crippen molar-refractivity contribution in [2.24, 2.45) is 0 Å². The fourth-order valence-electron chi connectivity index (χ4n) is 4.02. The van der Waals surface area contributed by atoms with Crippen molar-refractivity contribution in [3.05, 3.63) is 95.9 Å². The zero-order valence-corrected chi connectivity index (χ0v) is 18.5. The van der Waals surface area contributed by atoms with Gasteiger partial charge < -0.3 is 9.56 Å². The Hall–Kier alpha value is -3.57. The van der Waals surface area contributed by atoms with Crippen molar-refractivity contribution in [2.75, 3.05) is 13.3 Å². The van der Waals surface area contributed by atoms with E-state index in [4.69, 9.17) is 5.26 Å². The van der Waals surface area contributed by atoms with E-state index in [0.29, 0.717) is 5.56 Å². The number of rotatable bonds is 4. The van der Waals surface area contributed by atoms with Gasteiger partial charge in [-0.05, 0) is 58.7 Å². The van der Waals surface area contributed by atoms with Crippen LogP contribution in [0.4, 0.5) is 0 Å². The molecule has 0 saturated carbocycles. The third-order valence-corrected chi connectivity index (χ3v) is 6.61. The number of hydrogen-bond donors (Lipinski definition) is 1. The van der Waals surface area contributed by atoms with Crippen LogP contribution < -0.4 is 5.43 Å². The maximum atomic E-state index is 11.8. The molecular weight excluding hydrogens is 418 g/mol. The number of aromatic nitrogens is 2. The summed E-state index contributed by atoms with van der Waals surface area (Å²) in [6, 6.07) is 21.7. The number of pyridine rings is 1. The van der Waals surface area contributed by atoms with Crippen molar-refractivity contribution in [1.82, 2.24) is 19.8 Å². The molecule has 7 heteroatoms. The van der Waals surface area contributed by atoms with Gasteiger partial charge in [0.2, 0.25) is 0 Å². The standard InChI is InChI=1S/C25H21N5OS/c1-29-16-22(25(28-29)19-7-10-21(11-8-19)32(2)31)20-9-12-24-27-14-23(30(24)15-20)18-5-3-17(13-26)4-6-18/h3-12,14-16,25,28H,1-2H3. The Labute approximate surface area is 189 Å². The first-order valence-corrected chi connectivity index (χ1v) is 11.7. The molecule has 2 aromatic carbocycles. The summed E-state index contributed by atoms with van der Waals surface area (Å²) in [5, 5.41) is 11.0. The normalized spacial score (nSPS) is 16.8. The first-order chi connectivity index (χ1) is 15.5. The van der Waals surface area contributed by atoms with E-state index in [1.54, 1.807) is 6.26 Å². The van der Waals surface area contributed by atoms with Gasteiger partial charge in [-0.1, -0.05) is 24.3 Å². The van der Waals surface area contributed by atoms with Crippen molar-refractivity contribution in [2.45, 2.75) is 10.9 Å². The summed E-state index contributed by atoms with van der Waals surface area (Å²) in [6.45, 7) is 0. The largest absolute Gasteiger partial charge is 0.612 e. The summed E-state index contributed by atoms with van der Waals surface area (Å²) in [5.41, 5.74) is 10.3. The third kappa shape index (κ3) is 3.65. The van der Waals surface area contributed by atoms with Gasteiger partial charge in [-0.25, -0.2) is 10.4 Å². The zero-order chi connectivity index (χ0) is 22.2. The van der Waals surface area contributed by atoms with Crippen molar-refractivity contribution >= 4 is 22.4 Å². The lowest BCUT2D eigenvalue weighted by Crippen LogP contribution is -2.27. The molecule has 0 radical (unpaired) electrons. The average Bonchev–Trinajstić information content (AvgIpc) is 3.42. The first kappa shape index (κ1) is 20.3. The van der Waals surface area contributed by atoms with Gasteiger partial charge in [0.25, 0.3) is 0 Å². The number of imidazole rings is 1. The molecule has 6 nitrogen and oxygen atoms in total. The molecule has 158 valence electrons. The molecule has 0 aliphatic carbocycles. The molecule has 1 aliphatic rings. The molecule has 3 heterocycles. The molecule has 2 atom stereocenters. The molecule has 0 saturated heterocycles. The Bertz CT molecular complexity index is 1350. The number of nitriles is 1. The highest BCUT2D eigenvalue weighted by Crippen LogP contribution is 2.35. The van der Waals surface area contributed by atoms with Gasteiger partial charge in [0.1, 0.15) is 11.9 Å². The van der Waals surface area contributed by atoms with Gasteiger partial charge in [-0.3, -0.25) is 4.40 Å². The smallest absolute Gasteiger partial charge is 0.152 e. The van der Waals surface area contributed by atoms with Crippen molar-refractivity contribution < 1.29 is 4.55 Å². The highest BCUT2D eigenvalue weighted by Gasteiger charge is 2.26. The Balaban J connectivity index is 1.54. The molecule has 32 heavy (non-hydrogen) atoms. The van der Waals surface area contributed by atoms with Gasteiger partial charge in [0.05, 0.1) is 29.6 Å². The first-order valence-electron chi connectivity index (χ1n) is 10.2. The van der Waals surface area contributed by atoms with E-state index in [1.807, 2.05) is 72.9 Å². The van der Waals surface area contributed by atoms with E-state index in [-0.39, 0.29) is 6.04 Å². The molecule has 0 bridgehead atoms. The summed E-state index contributed by atoms with van der Waals surface area (Å²) < 4.78 is 13.8. The number of hydrazine groups is 1. The van der Waals surface area contributed by atoms with Crippen molar-refractivity contribution in [3.63, 3.8) is 0 Å². The molecule has 5 rings (SSSR count). The predicted octanol–water partition coefficient (Wildman–Crippen LogP) is 4.14. The SMILES string of the molecule is CN1C=C(c2ccc3ncc(-c4ccc(C#N)cc4)n3c2)C(c2ccc([S+](C)[O-])cc2)N1. The maximum Gasteiger partial charge on any atom is 0.152 e. The molecule has 2 aromatic heterocycles. The number of benzene rings is 2. The molecular formula is C25H21N5OS. The monoisotopic (exact) mass is 439 g/mol. The second-order valence-corrected chi connectivity index (χ2v) is 9.14. The summed E-state index contributed by atoms with van der Waals surface area (Å²) in [7, 11) is 1.98. The van der Waals surface area contributed by atoms with Crippen molar-refractivity contribution in [1.29, 1.82) is 5.26 Å². The lowest BCUT2D eigenvalue weighted by Gasteiger charge is -2.18. The quantitative estimate of drug-likeness (QED) is 0.484. The molecule has 0 spiro atoms. The summed E-state index contributed by atoms with van der Waals surface area (Å²) in [6.07, 6.45) is 7.74. The number of hydrogen-bond acceptors (Lipinski definition) is 5. The second-order valence-electron chi connectivity index (χ2n) is 7.76. The number of nitrogens with zero attached hydrogens (tertiary/aromatic N) is 4. The minimum atomic E-state index is -0.998. The summed E-state index contributed by atoms with van der Waals surface area (Å²) in [4.78, 5) is 5.36. The van der Waals surface area contributed by atoms with E-state index < -0.39 is 11.2 Å². The predicted molar refractivity (Wildman–Crippen MR) is 126 cm³/mol. The van der Waals surface area contributed by atoms with E-state index >= 15 is 0 Å². The Morgan fingerprint density at radius 2 is 1.75 bits per heavy atom. The minimum absolute atomic E-state index is 0.0151. The Kier molecular flexibility index (Phi) is 5.19. The van der Waals surface area contributed by atoms with Crippen LogP contribution in [0.25, 0.3) is 22.5 Å². The van der Waals surface area contributed by atoms with Crippen LogP contribution >= 0.6 is 0 Å². The van der Waals surface area contributed by atoms with Crippen LogP contribution in [0.15, 0.2) is 84.2 Å². The van der Waals surface area contributed by atoms with Crippen LogP contribution in [0.3, 0.4) is 0 Å². The molecule has 0 amide bonds. The lowest BCUT2D eigenvalue weighted by molar-refractivity contribution is 0.334. The topological polar surface area (TPSA) is 79.4 Å². The fourth-order valence-corrected chi connectivity index (χ4v) is 4.54. The molecule has 1 N–H and O–H groups in total. The average molecular weight is 440 g/mol. The molecule has 0 fully saturated rings. The van der Waals surface area contributed by atoms with Crippen LogP contribution in [0.5, 0.6) is 0 Å². The van der Waals surface area contributed by atoms with Crippen LogP contribution in [0.1, 0.15) is 22.7 Å². The minimum Gasteiger partial charge on any atom is -0.612 e. The highest BCUT2D eigenvalue weighted by atomic mass is 32.2. The Morgan fingerprint density at radius 3 is 2.44 bits per heavy atom. The molecule has 4 aromatic rings. The fraction of sp³-hybridized carbons (Fsp3) is 0.120. The highest BCUT2D eigenvalue weighted by molar-refractivity contribution is 7.90. The van der Waals surface area contributed by atoms with Gasteiger partial charge in [0.15, 0.2) is 4.90 Å².